The average Bonchev–Trinajstić information content (AvgIpc) is 3.12. The van der Waals surface area contributed by atoms with Crippen molar-refractivity contribution in [3.63, 3.8) is 0 Å². The molecule has 0 fully saturated rings. The SMILES string of the molecule is CCCCC/C=C\C/C=C\CCCCCCCCCCCC(=O)OCC(COP(=O)(O)OCCN(C)C)OC(=O)CCCCCCCCCCCCC. The number of carbonyl (C=O) groups is 2. The predicted molar refractivity (Wildman–Crippen MR) is 220 cm³/mol. The van der Waals surface area contributed by atoms with E-state index in [2.05, 4.69) is 38.2 Å². The van der Waals surface area contributed by atoms with E-state index in [0.29, 0.717) is 13.0 Å². The molecule has 312 valence electrons. The quantitative estimate of drug-likeness (QED) is 0.0281. The summed E-state index contributed by atoms with van der Waals surface area (Å²) in [7, 11) is -0.707. The van der Waals surface area contributed by atoms with Crippen molar-refractivity contribution in [3.05, 3.63) is 24.3 Å². The van der Waals surface area contributed by atoms with Gasteiger partial charge in [-0.15, -0.1) is 0 Å². The van der Waals surface area contributed by atoms with Crippen LogP contribution in [0.25, 0.3) is 0 Å². The normalized spacial score (nSPS) is 13.6. The summed E-state index contributed by atoms with van der Waals surface area (Å²) in [6.45, 7) is 4.29. The molecule has 0 aliphatic carbocycles. The number of carbonyl (C=O) groups excluding carboxylic acids is 2. The first-order chi connectivity index (χ1) is 25.7. The maximum atomic E-state index is 12.6. The second-order valence-corrected chi connectivity index (χ2v) is 16.3. The molecule has 2 atom stereocenters. The molecule has 0 spiro atoms. The zero-order valence-corrected chi connectivity index (χ0v) is 35.6. The summed E-state index contributed by atoms with van der Waals surface area (Å²) in [6, 6.07) is 0. The Labute approximate surface area is 326 Å². The molecule has 0 bridgehead atoms. The number of rotatable bonds is 40. The van der Waals surface area contributed by atoms with Crippen LogP contribution in [-0.2, 0) is 32.7 Å². The van der Waals surface area contributed by atoms with E-state index in [1.165, 1.54) is 122 Å². The molecule has 0 aromatic carbocycles. The fourth-order valence-corrected chi connectivity index (χ4v) is 6.64. The van der Waals surface area contributed by atoms with Crippen LogP contribution in [0.4, 0.5) is 0 Å². The molecule has 0 amide bonds. The summed E-state index contributed by atoms with van der Waals surface area (Å²) >= 11 is 0. The van der Waals surface area contributed by atoms with Crippen molar-refractivity contribution >= 4 is 19.8 Å². The molecule has 2 unspecified atom stereocenters. The molecule has 0 radical (unpaired) electrons. The Kier molecular flexibility index (Phi) is 37.6. The molecule has 0 aliphatic heterocycles. The predicted octanol–water partition coefficient (Wildman–Crippen LogP) is 12.2. The number of allylic oxidation sites excluding steroid dienone is 4. The lowest BCUT2D eigenvalue weighted by atomic mass is 10.1. The van der Waals surface area contributed by atoms with Gasteiger partial charge < -0.3 is 19.3 Å². The molecule has 0 rings (SSSR count). The Bertz CT molecular complexity index is 941. The van der Waals surface area contributed by atoms with Crippen molar-refractivity contribution in [2.75, 3.05) is 40.5 Å². The van der Waals surface area contributed by atoms with Crippen LogP contribution in [0, 0.1) is 0 Å². The van der Waals surface area contributed by atoms with Gasteiger partial charge in [0, 0.05) is 19.4 Å². The van der Waals surface area contributed by atoms with Crippen LogP contribution in [0.3, 0.4) is 0 Å². The lowest BCUT2D eigenvalue weighted by molar-refractivity contribution is -0.161. The zero-order valence-electron chi connectivity index (χ0n) is 34.7. The lowest BCUT2D eigenvalue weighted by Gasteiger charge is -2.20. The fraction of sp³-hybridized carbons (Fsp3) is 0.860. The molecule has 1 N–H and O–H groups in total. The second-order valence-electron chi connectivity index (χ2n) is 14.9. The van der Waals surface area contributed by atoms with Gasteiger partial charge in [-0.05, 0) is 59.0 Å². The number of ether oxygens (including phenoxy) is 2. The number of phosphoric acid groups is 1. The first-order valence-corrected chi connectivity index (χ1v) is 23.1. The summed E-state index contributed by atoms with van der Waals surface area (Å²) in [5.74, 6) is -0.803. The highest BCUT2D eigenvalue weighted by Gasteiger charge is 2.26. The summed E-state index contributed by atoms with van der Waals surface area (Å²) in [5.41, 5.74) is 0. The molecule has 0 saturated carbocycles. The minimum atomic E-state index is -4.35. The standard InChI is InChI=1S/C43H82NO8P/c1-5-7-9-11-13-15-17-18-19-20-21-22-23-24-26-27-29-31-33-35-42(45)49-39-41(40-51-53(47,48)50-38-37-44(3)4)52-43(46)36-34-32-30-28-25-16-14-12-10-8-6-2/h13,15,18-19,41H,5-12,14,16-17,20-40H2,1-4H3,(H,47,48)/b15-13-,19-18-. The zero-order chi connectivity index (χ0) is 39.1. The smallest absolute Gasteiger partial charge is 0.462 e. The molecule has 9 nitrogen and oxygen atoms in total. The van der Waals surface area contributed by atoms with Crippen molar-refractivity contribution in [3.8, 4) is 0 Å². The van der Waals surface area contributed by atoms with Crippen LogP contribution in [0.1, 0.15) is 194 Å². The van der Waals surface area contributed by atoms with Crippen LogP contribution < -0.4 is 0 Å². The number of esters is 2. The van der Waals surface area contributed by atoms with Gasteiger partial charge in [0.1, 0.15) is 6.61 Å². The Balaban J connectivity index is 4.22. The van der Waals surface area contributed by atoms with Crippen LogP contribution in [0.15, 0.2) is 24.3 Å². The van der Waals surface area contributed by atoms with Gasteiger partial charge in [0.2, 0.25) is 0 Å². The van der Waals surface area contributed by atoms with Crippen LogP contribution in [0.2, 0.25) is 0 Å². The van der Waals surface area contributed by atoms with E-state index in [4.69, 9.17) is 18.5 Å². The molecule has 53 heavy (non-hydrogen) atoms. The summed E-state index contributed by atoms with van der Waals surface area (Å²) in [5, 5.41) is 0. The van der Waals surface area contributed by atoms with Gasteiger partial charge in [0.25, 0.3) is 0 Å². The van der Waals surface area contributed by atoms with Gasteiger partial charge in [0.05, 0.1) is 13.2 Å². The number of unbranched alkanes of at least 4 members (excludes halogenated alkanes) is 22. The molecule has 0 saturated heterocycles. The Morgan fingerprint density at radius 3 is 1.53 bits per heavy atom. The molecule has 0 heterocycles. The maximum absolute atomic E-state index is 12.6. The minimum absolute atomic E-state index is 0.00858. The van der Waals surface area contributed by atoms with Crippen molar-refractivity contribution in [1.29, 1.82) is 0 Å². The lowest BCUT2D eigenvalue weighted by Crippen LogP contribution is -2.29. The van der Waals surface area contributed by atoms with Gasteiger partial charge in [0.15, 0.2) is 6.10 Å². The number of nitrogens with zero attached hydrogens (tertiary/aromatic N) is 1. The van der Waals surface area contributed by atoms with E-state index >= 15 is 0 Å². The van der Waals surface area contributed by atoms with E-state index in [-0.39, 0.29) is 32.0 Å². The number of hydrogen-bond acceptors (Lipinski definition) is 8. The second kappa shape index (κ2) is 38.8. The van der Waals surface area contributed by atoms with Crippen molar-refractivity contribution in [2.45, 2.75) is 200 Å². The highest BCUT2D eigenvalue weighted by molar-refractivity contribution is 7.47. The molecular weight excluding hydrogens is 689 g/mol. The Morgan fingerprint density at radius 2 is 1.02 bits per heavy atom. The molecular formula is C43H82NO8P. The third kappa shape index (κ3) is 40.0. The third-order valence-electron chi connectivity index (χ3n) is 9.26. The summed E-state index contributed by atoms with van der Waals surface area (Å²) in [4.78, 5) is 36.9. The van der Waals surface area contributed by atoms with Crippen molar-refractivity contribution in [2.24, 2.45) is 0 Å². The molecule has 0 aromatic rings. The van der Waals surface area contributed by atoms with Gasteiger partial charge in [-0.3, -0.25) is 18.6 Å². The number of hydrogen-bond donors (Lipinski definition) is 1. The highest BCUT2D eigenvalue weighted by Crippen LogP contribution is 2.43. The van der Waals surface area contributed by atoms with E-state index in [0.717, 1.165) is 38.5 Å². The first kappa shape index (κ1) is 51.5. The van der Waals surface area contributed by atoms with Gasteiger partial charge >= 0.3 is 19.8 Å². The third-order valence-corrected chi connectivity index (χ3v) is 10.2. The first-order valence-electron chi connectivity index (χ1n) is 21.6. The maximum Gasteiger partial charge on any atom is 0.472 e. The summed E-state index contributed by atoms with van der Waals surface area (Å²) in [6.07, 6.45) is 39.3. The van der Waals surface area contributed by atoms with Gasteiger partial charge in [-0.1, -0.05) is 160 Å². The Morgan fingerprint density at radius 1 is 0.585 bits per heavy atom. The Hall–Kier alpha value is -1.51. The monoisotopic (exact) mass is 772 g/mol. The molecule has 10 heteroatoms. The minimum Gasteiger partial charge on any atom is -0.462 e. The molecule has 0 aromatic heterocycles. The fourth-order valence-electron chi connectivity index (χ4n) is 5.89. The van der Waals surface area contributed by atoms with Gasteiger partial charge in [-0.2, -0.15) is 0 Å². The molecule has 0 aliphatic rings. The highest BCUT2D eigenvalue weighted by atomic mass is 31.2. The van der Waals surface area contributed by atoms with Crippen LogP contribution in [-0.4, -0.2) is 68.3 Å². The van der Waals surface area contributed by atoms with E-state index < -0.39 is 26.5 Å². The topological polar surface area (TPSA) is 112 Å². The largest absolute Gasteiger partial charge is 0.472 e. The number of likely N-dealkylation sites (N-methyl/N-ethyl adjacent to an activating group) is 1. The van der Waals surface area contributed by atoms with Crippen molar-refractivity contribution in [1.82, 2.24) is 4.90 Å². The summed E-state index contributed by atoms with van der Waals surface area (Å²) < 4.78 is 33.4. The number of phosphoric ester groups is 1. The van der Waals surface area contributed by atoms with E-state index in [9.17, 15) is 19.0 Å². The van der Waals surface area contributed by atoms with E-state index in [1.54, 1.807) is 0 Å². The van der Waals surface area contributed by atoms with E-state index in [1.807, 2.05) is 19.0 Å². The van der Waals surface area contributed by atoms with Crippen LogP contribution in [0.5, 0.6) is 0 Å². The average molecular weight is 772 g/mol. The van der Waals surface area contributed by atoms with Crippen LogP contribution >= 0.6 is 7.82 Å². The van der Waals surface area contributed by atoms with Gasteiger partial charge in [-0.25, -0.2) is 4.57 Å². The van der Waals surface area contributed by atoms with Crippen molar-refractivity contribution < 1.29 is 37.6 Å².